The standard InChI is InChI=1S/C18H20F2N6O3S/c1-3-30(27,28)23-10-14(12-6-4-11(2)5-7-12)24-18-21-8-13(9-22-18)16-25-26-17(29-16)15(19)20/h4-9,14-15,23H,3,10H2,1-2H3,(H,21,22,24). The number of halogens is 2. The molecule has 30 heavy (non-hydrogen) atoms. The molecule has 0 aliphatic carbocycles. The Bertz CT molecular complexity index is 1070. The SMILES string of the molecule is CCS(=O)(=O)NCC(Nc1ncc(-c2nnc(C(F)F)o2)cn1)c1ccc(C)cc1. The first-order valence-corrected chi connectivity index (χ1v) is 10.7. The van der Waals surface area contributed by atoms with Crippen LogP contribution in [0.25, 0.3) is 11.5 Å². The fourth-order valence-corrected chi connectivity index (χ4v) is 3.10. The Hall–Kier alpha value is -2.99. The number of alkyl halides is 2. The molecule has 1 atom stereocenters. The number of benzene rings is 1. The Morgan fingerprint density at radius 3 is 2.33 bits per heavy atom. The second kappa shape index (κ2) is 9.22. The summed E-state index contributed by atoms with van der Waals surface area (Å²) >= 11 is 0. The number of aryl methyl sites for hydroxylation is 1. The van der Waals surface area contributed by atoms with Crippen molar-refractivity contribution in [3.8, 4) is 11.5 Å². The molecule has 0 radical (unpaired) electrons. The number of hydrogen-bond donors (Lipinski definition) is 2. The van der Waals surface area contributed by atoms with Crippen molar-refractivity contribution in [2.45, 2.75) is 26.3 Å². The molecule has 2 N–H and O–H groups in total. The van der Waals surface area contributed by atoms with Gasteiger partial charge in [-0.3, -0.25) is 0 Å². The zero-order chi connectivity index (χ0) is 21.7. The van der Waals surface area contributed by atoms with Gasteiger partial charge in [0.25, 0.3) is 11.8 Å². The van der Waals surface area contributed by atoms with Gasteiger partial charge in [0.05, 0.1) is 17.4 Å². The van der Waals surface area contributed by atoms with Crippen molar-refractivity contribution in [2.24, 2.45) is 0 Å². The first-order chi connectivity index (χ1) is 14.3. The highest BCUT2D eigenvalue weighted by Gasteiger charge is 2.19. The molecule has 9 nitrogen and oxygen atoms in total. The average Bonchev–Trinajstić information content (AvgIpc) is 3.23. The van der Waals surface area contributed by atoms with Gasteiger partial charge in [-0.05, 0) is 19.4 Å². The summed E-state index contributed by atoms with van der Waals surface area (Å²) in [5, 5.41) is 9.89. The molecule has 1 aromatic carbocycles. The van der Waals surface area contributed by atoms with Crippen LogP contribution in [0, 0.1) is 6.92 Å². The molecule has 0 aliphatic rings. The summed E-state index contributed by atoms with van der Waals surface area (Å²) in [7, 11) is -3.39. The highest BCUT2D eigenvalue weighted by molar-refractivity contribution is 7.89. The highest BCUT2D eigenvalue weighted by Crippen LogP contribution is 2.23. The van der Waals surface area contributed by atoms with E-state index in [0.29, 0.717) is 0 Å². The molecule has 2 aromatic heterocycles. The topological polar surface area (TPSA) is 123 Å². The molecule has 0 bridgehead atoms. The van der Waals surface area contributed by atoms with Gasteiger partial charge < -0.3 is 9.73 Å². The molecule has 3 aromatic rings. The van der Waals surface area contributed by atoms with Crippen LogP contribution < -0.4 is 10.0 Å². The molecular weight excluding hydrogens is 418 g/mol. The maximum Gasteiger partial charge on any atom is 0.314 e. The zero-order valence-electron chi connectivity index (χ0n) is 16.2. The molecule has 0 saturated carbocycles. The lowest BCUT2D eigenvalue weighted by Crippen LogP contribution is -2.32. The maximum atomic E-state index is 12.6. The predicted molar refractivity (Wildman–Crippen MR) is 105 cm³/mol. The zero-order valence-corrected chi connectivity index (χ0v) is 17.0. The molecule has 0 spiro atoms. The highest BCUT2D eigenvalue weighted by atomic mass is 32.2. The van der Waals surface area contributed by atoms with Crippen molar-refractivity contribution >= 4 is 16.0 Å². The number of nitrogens with one attached hydrogen (secondary N) is 2. The van der Waals surface area contributed by atoms with E-state index >= 15 is 0 Å². The minimum absolute atomic E-state index is 0.0381. The van der Waals surface area contributed by atoms with Crippen LogP contribution in [-0.2, 0) is 10.0 Å². The molecule has 160 valence electrons. The van der Waals surface area contributed by atoms with Crippen LogP contribution in [0.5, 0.6) is 0 Å². The third kappa shape index (κ3) is 5.54. The fourth-order valence-electron chi connectivity index (χ4n) is 2.47. The van der Waals surface area contributed by atoms with Gasteiger partial charge in [0.1, 0.15) is 0 Å². The third-order valence-corrected chi connectivity index (χ3v) is 5.56. The number of rotatable bonds is 9. The predicted octanol–water partition coefficient (Wildman–Crippen LogP) is 2.87. The van der Waals surface area contributed by atoms with Crippen molar-refractivity contribution in [1.82, 2.24) is 24.9 Å². The monoisotopic (exact) mass is 438 g/mol. The normalized spacial score (nSPS) is 12.8. The molecule has 12 heteroatoms. The summed E-state index contributed by atoms with van der Waals surface area (Å²) < 4.78 is 56.3. The Morgan fingerprint density at radius 2 is 1.77 bits per heavy atom. The number of aromatic nitrogens is 4. The Balaban J connectivity index is 1.78. The van der Waals surface area contributed by atoms with Crippen molar-refractivity contribution in [3.63, 3.8) is 0 Å². The van der Waals surface area contributed by atoms with Gasteiger partial charge in [0.2, 0.25) is 16.0 Å². The van der Waals surface area contributed by atoms with Gasteiger partial charge in [0.15, 0.2) is 0 Å². The van der Waals surface area contributed by atoms with Crippen molar-refractivity contribution in [1.29, 1.82) is 0 Å². The van der Waals surface area contributed by atoms with E-state index in [2.05, 4.69) is 30.2 Å². The van der Waals surface area contributed by atoms with Crippen LogP contribution >= 0.6 is 0 Å². The van der Waals surface area contributed by atoms with Crippen LogP contribution in [0.3, 0.4) is 0 Å². The first kappa shape index (κ1) is 21.7. The van der Waals surface area contributed by atoms with Crippen LogP contribution in [-0.4, -0.2) is 40.9 Å². The summed E-state index contributed by atoms with van der Waals surface area (Å²) in [5.41, 5.74) is 2.18. The molecule has 0 aliphatic heterocycles. The van der Waals surface area contributed by atoms with Gasteiger partial charge in [-0.2, -0.15) is 8.78 Å². The summed E-state index contributed by atoms with van der Waals surface area (Å²) in [4.78, 5) is 8.28. The first-order valence-electron chi connectivity index (χ1n) is 9.02. The minimum Gasteiger partial charge on any atom is -0.415 e. The van der Waals surface area contributed by atoms with Gasteiger partial charge in [-0.15, -0.1) is 10.2 Å². The van der Waals surface area contributed by atoms with Crippen LogP contribution in [0.4, 0.5) is 14.7 Å². The van der Waals surface area contributed by atoms with Crippen LogP contribution in [0.2, 0.25) is 0 Å². The van der Waals surface area contributed by atoms with Crippen molar-refractivity contribution in [2.75, 3.05) is 17.6 Å². The molecule has 0 fully saturated rings. The van der Waals surface area contributed by atoms with E-state index in [1.165, 1.54) is 12.4 Å². The molecule has 0 amide bonds. The summed E-state index contributed by atoms with van der Waals surface area (Å²) in [6, 6.07) is 7.15. The van der Waals surface area contributed by atoms with Gasteiger partial charge in [-0.25, -0.2) is 23.1 Å². The lowest BCUT2D eigenvalue weighted by atomic mass is 10.1. The van der Waals surface area contributed by atoms with E-state index in [1.54, 1.807) is 6.92 Å². The summed E-state index contributed by atoms with van der Waals surface area (Å²) in [6.07, 6.45) is -0.170. The van der Waals surface area contributed by atoms with E-state index in [1.807, 2.05) is 31.2 Å². The van der Waals surface area contributed by atoms with Crippen molar-refractivity contribution < 1.29 is 21.6 Å². The summed E-state index contributed by atoms with van der Waals surface area (Å²) in [5.74, 6) is -0.727. The number of hydrogen-bond acceptors (Lipinski definition) is 8. The second-order valence-electron chi connectivity index (χ2n) is 6.40. The van der Waals surface area contributed by atoms with Crippen LogP contribution in [0.15, 0.2) is 41.1 Å². The van der Waals surface area contributed by atoms with Gasteiger partial charge >= 0.3 is 6.43 Å². The number of anilines is 1. The molecule has 3 rings (SSSR count). The van der Waals surface area contributed by atoms with E-state index in [-0.39, 0.29) is 29.7 Å². The van der Waals surface area contributed by atoms with E-state index in [9.17, 15) is 17.2 Å². The quantitative estimate of drug-likeness (QED) is 0.523. The minimum atomic E-state index is -3.39. The maximum absolute atomic E-state index is 12.6. The van der Waals surface area contributed by atoms with E-state index < -0.39 is 28.4 Å². The summed E-state index contributed by atoms with van der Waals surface area (Å²) in [6.45, 7) is 3.59. The largest absolute Gasteiger partial charge is 0.415 e. The second-order valence-corrected chi connectivity index (χ2v) is 8.50. The molecular formula is C18H20F2N6O3S. The van der Waals surface area contributed by atoms with Gasteiger partial charge in [0, 0.05) is 18.9 Å². The molecule has 0 saturated heterocycles. The van der Waals surface area contributed by atoms with Gasteiger partial charge in [-0.1, -0.05) is 29.8 Å². The van der Waals surface area contributed by atoms with Crippen molar-refractivity contribution in [3.05, 3.63) is 53.7 Å². The Morgan fingerprint density at radius 1 is 1.10 bits per heavy atom. The lowest BCUT2D eigenvalue weighted by molar-refractivity contribution is 0.116. The Labute approximate surface area is 172 Å². The van der Waals surface area contributed by atoms with E-state index in [4.69, 9.17) is 4.42 Å². The average molecular weight is 438 g/mol. The fraction of sp³-hybridized carbons (Fsp3) is 0.333. The smallest absolute Gasteiger partial charge is 0.314 e. The van der Waals surface area contributed by atoms with E-state index in [0.717, 1.165) is 11.1 Å². The number of sulfonamides is 1. The molecule has 2 heterocycles. The lowest BCUT2D eigenvalue weighted by Gasteiger charge is -2.20. The number of nitrogens with zero attached hydrogens (tertiary/aromatic N) is 4. The third-order valence-electron chi connectivity index (χ3n) is 4.20. The van der Waals surface area contributed by atoms with Crippen LogP contribution in [0.1, 0.15) is 36.4 Å². The Kier molecular flexibility index (Phi) is 6.67. The molecule has 1 unspecified atom stereocenters.